The quantitative estimate of drug-likeness (QED) is 0.843. The third-order valence-corrected chi connectivity index (χ3v) is 5.20. The first-order valence-electron chi connectivity index (χ1n) is 7.54. The van der Waals surface area contributed by atoms with Crippen molar-refractivity contribution in [1.82, 2.24) is 4.90 Å². The van der Waals surface area contributed by atoms with Crippen LogP contribution in [0.5, 0.6) is 0 Å². The molecule has 0 spiro atoms. The van der Waals surface area contributed by atoms with Gasteiger partial charge in [0.1, 0.15) is 5.76 Å². The fourth-order valence-electron chi connectivity index (χ4n) is 2.67. The van der Waals surface area contributed by atoms with E-state index < -0.39 is 9.84 Å². The van der Waals surface area contributed by atoms with Gasteiger partial charge in [0.2, 0.25) is 0 Å². The highest BCUT2D eigenvalue weighted by Crippen LogP contribution is 2.35. The van der Waals surface area contributed by atoms with Gasteiger partial charge in [0.15, 0.2) is 9.84 Å². The minimum Gasteiger partial charge on any atom is -0.467 e. The molecule has 0 radical (unpaired) electrons. The van der Waals surface area contributed by atoms with E-state index in [-0.39, 0.29) is 22.9 Å². The van der Waals surface area contributed by atoms with Crippen LogP contribution >= 0.6 is 0 Å². The average molecular weight is 333 g/mol. The van der Waals surface area contributed by atoms with E-state index in [2.05, 4.69) is 0 Å². The fourth-order valence-corrected chi connectivity index (χ4v) is 3.30. The maximum absolute atomic E-state index is 12.9. The Morgan fingerprint density at radius 3 is 2.35 bits per heavy atom. The van der Waals surface area contributed by atoms with Gasteiger partial charge in [-0.2, -0.15) is 0 Å². The van der Waals surface area contributed by atoms with Crippen LogP contribution in [-0.2, 0) is 9.84 Å². The summed E-state index contributed by atoms with van der Waals surface area (Å²) in [6.45, 7) is 1.94. The second kappa shape index (κ2) is 5.85. The molecule has 1 saturated carbocycles. The van der Waals surface area contributed by atoms with Gasteiger partial charge in [-0.15, -0.1) is 0 Å². The van der Waals surface area contributed by atoms with Crippen molar-refractivity contribution in [2.75, 3.05) is 6.26 Å². The third kappa shape index (κ3) is 3.32. The number of sulfone groups is 1. The van der Waals surface area contributed by atoms with Gasteiger partial charge in [0.25, 0.3) is 5.91 Å². The van der Waals surface area contributed by atoms with Crippen molar-refractivity contribution in [2.45, 2.75) is 36.7 Å². The number of carbonyl (C=O) groups excluding carboxylic acids is 1. The van der Waals surface area contributed by atoms with Crippen molar-refractivity contribution < 1.29 is 17.6 Å². The van der Waals surface area contributed by atoms with Gasteiger partial charge in [-0.3, -0.25) is 4.79 Å². The molecule has 1 aromatic carbocycles. The van der Waals surface area contributed by atoms with Crippen molar-refractivity contribution in [2.24, 2.45) is 0 Å². The molecule has 1 aliphatic rings. The minimum absolute atomic E-state index is 0.101. The molecule has 6 heteroatoms. The molecule has 1 aromatic heterocycles. The monoisotopic (exact) mass is 333 g/mol. The molecule has 0 saturated heterocycles. The normalized spacial score (nSPS) is 16.1. The van der Waals surface area contributed by atoms with Gasteiger partial charge in [0, 0.05) is 17.9 Å². The number of amides is 1. The van der Waals surface area contributed by atoms with E-state index in [1.54, 1.807) is 18.4 Å². The number of nitrogens with zero attached hydrogens (tertiary/aromatic N) is 1. The van der Waals surface area contributed by atoms with Crippen LogP contribution in [0.15, 0.2) is 52.0 Å². The summed E-state index contributed by atoms with van der Waals surface area (Å²) in [5.41, 5.74) is 0.489. The lowest BCUT2D eigenvalue weighted by Gasteiger charge is -2.28. The summed E-state index contributed by atoms with van der Waals surface area (Å²) in [6, 6.07) is 9.83. The Labute approximate surface area is 135 Å². The zero-order chi connectivity index (χ0) is 16.6. The number of benzene rings is 1. The molecule has 5 nitrogen and oxygen atoms in total. The number of hydrogen-bond donors (Lipinski definition) is 0. The predicted molar refractivity (Wildman–Crippen MR) is 85.9 cm³/mol. The largest absolute Gasteiger partial charge is 0.467 e. The molecule has 0 aliphatic heterocycles. The second-order valence-electron chi connectivity index (χ2n) is 5.93. The van der Waals surface area contributed by atoms with Crippen molar-refractivity contribution in [3.05, 3.63) is 54.0 Å². The van der Waals surface area contributed by atoms with Crippen molar-refractivity contribution in [3.63, 3.8) is 0 Å². The van der Waals surface area contributed by atoms with E-state index in [9.17, 15) is 13.2 Å². The molecule has 1 atom stereocenters. The Morgan fingerprint density at radius 2 is 1.87 bits per heavy atom. The molecule has 0 N–H and O–H groups in total. The van der Waals surface area contributed by atoms with Crippen LogP contribution < -0.4 is 0 Å². The van der Waals surface area contributed by atoms with E-state index in [4.69, 9.17) is 4.42 Å². The van der Waals surface area contributed by atoms with Gasteiger partial charge < -0.3 is 9.32 Å². The molecule has 0 unspecified atom stereocenters. The molecule has 3 rings (SSSR count). The Kier molecular flexibility index (Phi) is 4.02. The smallest absolute Gasteiger partial charge is 0.254 e. The van der Waals surface area contributed by atoms with Crippen LogP contribution in [-0.4, -0.2) is 31.5 Å². The summed E-state index contributed by atoms with van der Waals surface area (Å²) >= 11 is 0. The topological polar surface area (TPSA) is 67.6 Å². The first-order valence-corrected chi connectivity index (χ1v) is 9.43. The lowest BCUT2D eigenvalue weighted by molar-refractivity contribution is 0.0652. The first-order chi connectivity index (χ1) is 10.9. The Hall–Kier alpha value is -2.08. The highest BCUT2D eigenvalue weighted by atomic mass is 32.2. The number of rotatable bonds is 5. The minimum atomic E-state index is -3.26. The van der Waals surface area contributed by atoms with Crippen LogP contribution in [0, 0.1) is 0 Å². The van der Waals surface area contributed by atoms with Gasteiger partial charge >= 0.3 is 0 Å². The first kappa shape index (κ1) is 15.8. The van der Waals surface area contributed by atoms with Crippen LogP contribution in [0.4, 0.5) is 0 Å². The third-order valence-electron chi connectivity index (χ3n) is 4.08. The summed E-state index contributed by atoms with van der Waals surface area (Å²) in [7, 11) is -3.26. The summed E-state index contributed by atoms with van der Waals surface area (Å²) in [5, 5.41) is 0. The molecular formula is C17H19NO4S. The summed E-state index contributed by atoms with van der Waals surface area (Å²) in [4.78, 5) is 14.9. The SMILES string of the molecule is C[C@H](c1ccco1)N(C(=O)c1ccc(S(C)(=O)=O)cc1)C1CC1. The second-order valence-corrected chi connectivity index (χ2v) is 7.95. The standard InChI is InChI=1S/C17H19NO4S/c1-12(16-4-3-11-22-16)18(14-7-8-14)17(19)13-5-9-15(10-6-13)23(2,20)21/h3-6,9-12,14H,7-8H2,1-2H3/t12-/m1/s1. The molecular weight excluding hydrogens is 314 g/mol. The summed E-state index contributed by atoms with van der Waals surface area (Å²) in [6.07, 6.45) is 4.72. The Morgan fingerprint density at radius 1 is 1.22 bits per heavy atom. The van der Waals surface area contributed by atoms with E-state index in [0.29, 0.717) is 5.56 Å². The van der Waals surface area contributed by atoms with Crippen LogP contribution in [0.2, 0.25) is 0 Å². The maximum atomic E-state index is 12.9. The maximum Gasteiger partial charge on any atom is 0.254 e. The van der Waals surface area contributed by atoms with Gasteiger partial charge in [0.05, 0.1) is 17.2 Å². The molecule has 122 valence electrons. The average Bonchev–Trinajstić information content (AvgIpc) is 3.18. The summed E-state index contributed by atoms with van der Waals surface area (Å²) < 4.78 is 28.5. The molecule has 1 heterocycles. The van der Waals surface area contributed by atoms with Gasteiger partial charge in [-0.05, 0) is 56.2 Å². The van der Waals surface area contributed by atoms with Gasteiger partial charge in [-0.25, -0.2) is 8.42 Å². The number of furan rings is 1. The van der Waals surface area contributed by atoms with Crippen molar-refractivity contribution in [1.29, 1.82) is 0 Å². The van der Waals surface area contributed by atoms with E-state index in [1.165, 1.54) is 12.1 Å². The van der Waals surface area contributed by atoms with E-state index >= 15 is 0 Å². The van der Waals surface area contributed by atoms with Gasteiger partial charge in [-0.1, -0.05) is 0 Å². The molecule has 0 bridgehead atoms. The molecule has 23 heavy (non-hydrogen) atoms. The van der Waals surface area contributed by atoms with Crippen LogP contribution in [0.25, 0.3) is 0 Å². The predicted octanol–water partition coefficient (Wildman–Crippen LogP) is 3.05. The molecule has 1 aliphatic carbocycles. The highest BCUT2D eigenvalue weighted by Gasteiger charge is 2.37. The number of hydrogen-bond acceptors (Lipinski definition) is 4. The molecule has 2 aromatic rings. The van der Waals surface area contributed by atoms with Crippen LogP contribution in [0.1, 0.15) is 41.9 Å². The number of carbonyl (C=O) groups is 1. The fraction of sp³-hybridized carbons (Fsp3) is 0.353. The molecule has 1 amide bonds. The van der Waals surface area contributed by atoms with Crippen molar-refractivity contribution >= 4 is 15.7 Å². The zero-order valence-corrected chi connectivity index (χ0v) is 13.9. The van der Waals surface area contributed by atoms with Crippen molar-refractivity contribution in [3.8, 4) is 0 Å². The Bertz CT molecular complexity index is 790. The molecule has 1 fully saturated rings. The van der Waals surface area contributed by atoms with Crippen LogP contribution in [0.3, 0.4) is 0 Å². The van der Waals surface area contributed by atoms with E-state index in [1.807, 2.05) is 24.0 Å². The zero-order valence-electron chi connectivity index (χ0n) is 13.1. The highest BCUT2D eigenvalue weighted by molar-refractivity contribution is 7.90. The lowest BCUT2D eigenvalue weighted by Crippen LogP contribution is -2.35. The lowest BCUT2D eigenvalue weighted by atomic mass is 10.1. The Balaban J connectivity index is 1.87. The summed E-state index contributed by atoms with van der Waals surface area (Å²) in [5.74, 6) is 0.648. The van der Waals surface area contributed by atoms with E-state index in [0.717, 1.165) is 24.9 Å².